The topological polar surface area (TPSA) is 48.5 Å². The number of amides is 1. The summed E-state index contributed by atoms with van der Waals surface area (Å²) >= 11 is 0. The van der Waals surface area contributed by atoms with Crippen molar-refractivity contribution in [1.82, 2.24) is 20.1 Å². The first kappa shape index (κ1) is 15.4. The van der Waals surface area contributed by atoms with Gasteiger partial charge in [-0.25, -0.2) is 0 Å². The summed E-state index contributed by atoms with van der Waals surface area (Å²) in [5.74, 6) is 0.597. The number of hydrogen-bond acceptors (Lipinski definition) is 4. The number of carbonyl (C=O) groups is 1. The lowest BCUT2D eigenvalue weighted by Crippen LogP contribution is -2.51. The molecule has 3 heterocycles. The molecule has 1 amide bonds. The molecule has 2 saturated heterocycles. The van der Waals surface area contributed by atoms with Gasteiger partial charge in [0, 0.05) is 57.1 Å². The van der Waals surface area contributed by atoms with E-state index in [2.05, 4.69) is 39.2 Å². The molecule has 0 aliphatic carbocycles. The number of aromatic nitrogens is 1. The predicted molar refractivity (Wildman–Crippen MR) is 86.3 cm³/mol. The van der Waals surface area contributed by atoms with Crippen molar-refractivity contribution in [2.75, 3.05) is 32.7 Å². The maximum Gasteiger partial charge on any atom is 0.225 e. The number of nitrogens with zero attached hydrogens (tertiary/aromatic N) is 3. The standard InChI is InChI=1S/C17H26N4O/c1-14-12-16(4-7-19-14)17(22)21-10-8-20(9-11-21)13-15-2-5-18-6-3-15/h2-3,5-6,14,16,19H,4,7-13H2,1H3/t14-,16-/m0/s1. The fourth-order valence-corrected chi connectivity index (χ4v) is 3.49. The van der Waals surface area contributed by atoms with Crippen molar-refractivity contribution in [2.45, 2.75) is 32.4 Å². The van der Waals surface area contributed by atoms with Gasteiger partial charge in [-0.1, -0.05) is 0 Å². The van der Waals surface area contributed by atoms with E-state index >= 15 is 0 Å². The number of rotatable bonds is 3. The van der Waals surface area contributed by atoms with Gasteiger partial charge in [0.15, 0.2) is 0 Å². The zero-order chi connectivity index (χ0) is 15.4. The largest absolute Gasteiger partial charge is 0.340 e. The average Bonchev–Trinajstić information content (AvgIpc) is 2.56. The molecular formula is C17H26N4O. The quantitative estimate of drug-likeness (QED) is 0.909. The molecule has 0 unspecified atom stereocenters. The van der Waals surface area contributed by atoms with Crippen LogP contribution in [-0.2, 0) is 11.3 Å². The highest BCUT2D eigenvalue weighted by Crippen LogP contribution is 2.20. The first-order valence-electron chi connectivity index (χ1n) is 8.36. The highest BCUT2D eigenvalue weighted by Gasteiger charge is 2.30. The fraction of sp³-hybridized carbons (Fsp3) is 0.647. The second-order valence-electron chi connectivity index (χ2n) is 6.53. The summed E-state index contributed by atoms with van der Waals surface area (Å²) in [6.07, 6.45) is 5.65. The summed E-state index contributed by atoms with van der Waals surface area (Å²) in [4.78, 5) is 21.2. The van der Waals surface area contributed by atoms with Gasteiger partial charge in [-0.3, -0.25) is 14.7 Å². The average molecular weight is 302 g/mol. The Kier molecular flexibility index (Phi) is 5.05. The van der Waals surface area contributed by atoms with E-state index in [0.717, 1.165) is 52.1 Å². The molecule has 1 aromatic rings. The van der Waals surface area contributed by atoms with Gasteiger partial charge in [-0.2, -0.15) is 0 Å². The van der Waals surface area contributed by atoms with Crippen LogP contribution in [0.1, 0.15) is 25.3 Å². The van der Waals surface area contributed by atoms with E-state index in [1.807, 2.05) is 12.4 Å². The lowest BCUT2D eigenvalue weighted by atomic mass is 9.92. The Labute approximate surface area is 132 Å². The van der Waals surface area contributed by atoms with Crippen molar-refractivity contribution in [3.8, 4) is 0 Å². The number of carbonyl (C=O) groups excluding carboxylic acids is 1. The van der Waals surface area contributed by atoms with Crippen LogP contribution in [0.15, 0.2) is 24.5 Å². The van der Waals surface area contributed by atoms with E-state index in [4.69, 9.17) is 0 Å². The Morgan fingerprint density at radius 1 is 1.27 bits per heavy atom. The van der Waals surface area contributed by atoms with Crippen LogP contribution in [0.4, 0.5) is 0 Å². The Bertz CT molecular complexity index is 485. The van der Waals surface area contributed by atoms with Gasteiger partial charge in [0.05, 0.1) is 0 Å². The Morgan fingerprint density at radius 3 is 2.68 bits per heavy atom. The van der Waals surface area contributed by atoms with E-state index in [0.29, 0.717) is 11.9 Å². The summed E-state index contributed by atoms with van der Waals surface area (Å²) in [6.45, 7) is 7.76. The van der Waals surface area contributed by atoms with Crippen LogP contribution >= 0.6 is 0 Å². The third kappa shape index (κ3) is 3.84. The molecule has 0 aromatic carbocycles. The van der Waals surface area contributed by atoms with Gasteiger partial charge in [0.2, 0.25) is 5.91 Å². The Balaban J connectivity index is 1.48. The van der Waals surface area contributed by atoms with Crippen molar-refractivity contribution in [3.05, 3.63) is 30.1 Å². The summed E-state index contributed by atoms with van der Waals surface area (Å²) < 4.78 is 0. The Morgan fingerprint density at radius 2 is 2.00 bits per heavy atom. The molecule has 2 aliphatic heterocycles. The van der Waals surface area contributed by atoms with E-state index in [9.17, 15) is 4.79 Å². The molecule has 3 rings (SSSR count). The molecule has 2 atom stereocenters. The minimum atomic E-state index is 0.225. The minimum absolute atomic E-state index is 0.225. The van der Waals surface area contributed by atoms with Crippen LogP contribution in [0.5, 0.6) is 0 Å². The minimum Gasteiger partial charge on any atom is -0.340 e. The molecule has 22 heavy (non-hydrogen) atoms. The second kappa shape index (κ2) is 7.20. The summed E-state index contributed by atoms with van der Waals surface area (Å²) in [7, 11) is 0. The molecule has 5 nitrogen and oxygen atoms in total. The lowest BCUT2D eigenvalue weighted by molar-refractivity contribution is -0.138. The molecule has 0 radical (unpaired) electrons. The highest BCUT2D eigenvalue weighted by atomic mass is 16.2. The predicted octanol–water partition coefficient (Wildman–Crippen LogP) is 1.11. The fourth-order valence-electron chi connectivity index (χ4n) is 3.49. The third-order valence-electron chi connectivity index (χ3n) is 4.81. The Hall–Kier alpha value is -1.46. The van der Waals surface area contributed by atoms with Gasteiger partial charge >= 0.3 is 0 Å². The number of piperazine rings is 1. The first-order valence-corrected chi connectivity index (χ1v) is 8.36. The zero-order valence-electron chi connectivity index (χ0n) is 13.4. The molecule has 0 saturated carbocycles. The molecule has 120 valence electrons. The van der Waals surface area contributed by atoms with E-state index < -0.39 is 0 Å². The smallest absolute Gasteiger partial charge is 0.225 e. The maximum atomic E-state index is 12.6. The van der Waals surface area contributed by atoms with Crippen LogP contribution in [0.25, 0.3) is 0 Å². The molecular weight excluding hydrogens is 276 g/mol. The molecule has 0 spiro atoms. The summed E-state index contributed by atoms with van der Waals surface area (Å²) in [5.41, 5.74) is 1.29. The molecule has 2 fully saturated rings. The van der Waals surface area contributed by atoms with E-state index in [1.165, 1.54) is 5.56 Å². The maximum absolute atomic E-state index is 12.6. The van der Waals surface area contributed by atoms with Crippen molar-refractivity contribution < 1.29 is 4.79 Å². The van der Waals surface area contributed by atoms with Crippen LogP contribution in [0.3, 0.4) is 0 Å². The molecule has 1 N–H and O–H groups in total. The highest BCUT2D eigenvalue weighted by molar-refractivity contribution is 5.79. The first-order chi connectivity index (χ1) is 10.7. The van der Waals surface area contributed by atoms with Crippen LogP contribution < -0.4 is 5.32 Å². The van der Waals surface area contributed by atoms with Gasteiger partial charge in [0.1, 0.15) is 0 Å². The van der Waals surface area contributed by atoms with Crippen molar-refractivity contribution in [3.63, 3.8) is 0 Å². The van der Waals surface area contributed by atoms with Gasteiger partial charge in [-0.05, 0) is 44.0 Å². The normalized spacial score (nSPS) is 26.9. The van der Waals surface area contributed by atoms with Crippen LogP contribution in [0.2, 0.25) is 0 Å². The van der Waals surface area contributed by atoms with Crippen molar-refractivity contribution in [2.24, 2.45) is 5.92 Å². The summed E-state index contributed by atoms with van der Waals surface area (Å²) in [5, 5.41) is 3.42. The molecule has 1 aromatic heterocycles. The molecule has 5 heteroatoms. The van der Waals surface area contributed by atoms with E-state index in [1.54, 1.807) is 0 Å². The van der Waals surface area contributed by atoms with Gasteiger partial charge < -0.3 is 10.2 Å². The van der Waals surface area contributed by atoms with Crippen LogP contribution in [0, 0.1) is 5.92 Å². The van der Waals surface area contributed by atoms with Gasteiger partial charge in [0.25, 0.3) is 0 Å². The monoisotopic (exact) mass is 302 g/mol. The molecule has 0 bridgehead atoms. The number of pyridine rings is 1. The number of nitrogens with one attached hydrogen (secondary N) is 1. The SMILES string of the molecule is C[C@H]1C[C@@H](C(=O)N2CCN(Cc3ccncc3)CC2)CCN1. The molecule has 2 aliphatic rings. The third-order valence-corrected chi connectivity index (χ3v) is 4.81. The lowest BCUT2D eigenvalue weighted by Gasteiger charge is -2.38. The van der Waals surface area contributed by atoms with Gasteiger partial charge in [-0.15, -0.1) is 0 Å². The summed E-state index contributed by atoms with van der Waals surface area (Å²) in [6, 6.07) is 4.60. The number of piperidine rings is 1. The van der Waals surface area contributed by atoms with Crippen molar-refractivity contribution >= 4 is 5.91 Å². The number of hydrogen-bond donors (Lipinski definition) is 1. The van der Waals surface area contributed by atoms with E-state index in [-0.39, 0.29) is 5.92 Å². The van der Waals surface area contributed by atoms with Crippen LogP contribution in [-0.4, -0.2) is 59.5 Å². The van der Waals surface area contributed by atoms with Crippen molar-refractivity contribution in [1.29, 1.82) is 0 Å². The second-order valence-corrected chi connectivity index (χ2v) is 6.53. The zero-order valence-corrected chi connectivity index (χ0v) is 13.4.